The monoisotopic (exact) mass is 299 g/mol. The minimum Gasteiger partial charge on any atom is -0.333 e. The predicted octanol–water partition coefficient (Wildman–Crippen LogP) is 2.20. The van der Waals surface area contributed by atoms with Crippen molar-refractivity contribution >= 4 is 21.8 Å². The van der Waals surface area contributed by atoms with Crippen molar-refractivity contribution in [2.45, 2.75) is 31.7 Å². The van der Waals surface area contributed by atoms with E-state index in [1.54, 1.807) is 10.7 Å². The molecule has 4 nitrogen and oxygen atoms in total. The highest BCUT2D eigenvalue weighted by Gasteiger charge is 2.26. The molecule has 0 aliphatic carbocycles. The number of carbonyl (C=O) groups is 1. The zero-order chi connectivity index (χ0) is 12.3. The molecule has 0 aromatic carbocycles. The number of likely N-dealkylation sites (tertiary alicyclic amines) is 1. The van der Waals surface area contributed by atoms with E-state index in [-0.39, 0.29) is 5.91 Å². The number of halogens is 1. The summed E-state index contributed by atoms with van der Waals surface area (Å²) in [6.45, 7) is 0.853. The zero-order valence-corrected chi connectivity index (χ0v) is 11.7. The van der Waals surface area contributed by atoms with E-state index in [1.807, 2.05) is 18.1 Å². The summed E-state index contributed by atoms with van der Waals surface area (Å²) in [6, 6.07) is 2.10. The molecule has 0 bridgehead atoms. The molecule has 1 fully saturated rings. The molecule has 1 aliphatic heterocycles. The number of hydrogen-bond donors (Lipinski definition) is 0. The van der Waals surface area contributed by atoms with E-state index in [1.165, 1.54) is 12.8 Å². The Hall–Kier alpha value is -0.840. The molecule has 17 heavy (non-hydrogen) atoms. The quantitative estimate of drug-likeness (QED) is 0.785. The summed E-state index contributed by atoms with van der Waals surface area (Å²) >= 11 is 3.51. The Labute approximate surface area is 110 Å². The average Bonchev–Trinajstić information content (AvgIpc) is 2.64. The van der Waals surface area contributed by atoms with Crippen LogP contribution in [0, 0.1) is 0 Å². The van der Waals surface area contributed by atoms with Gasteiger partial charge in [-0.2, -0.15) is 5.10 Å². The minimum absolute atomic E-state index is 0.0666. The molecule has 0 radical (unpaired) electrons. The first-order chi connectivity index (χ1) is 8.22. The fraction of sp³-hybridized carbons (Fsp3) is 0.667. The van der Waals surface area contributed by atoms with Gasteiger partial charge in [-0.3, -0.25) is 9.48 Å². The topological polar surface area (TPSA) is 38.1 Å². The standard InChI is InChI=1S/C12H18BrN3O/c1-15-8-6-11(14-15)12(17)16-7-4-2-3-5-10(16)9-13/h6,8,10H,2-5,7,9H2,1H3. The number of aromatic nitrogens is 2. The smallest absolute Gasteiger partial charge is 0.274 e. The predicted molar refractivity (Wildman–Crippen MR) is 70.3 cm³/mol. The lowest BCUT2D eigenvalue weighted by Gasteiger charge is -2.27. The van der Waals surface area contributed by atoms with Gasteiger partial charge in [0.05, 0.1) is 0 Å². The molecule has 2 heterocycles. The Morgan fingerprint density at radius 3 is 3.00 bits per heavy atom. The fourth-order valence-corrected chi connectivity index (χ4v) is 2.95. The van der Waals surface area contributed by atoms with E-state index >= 15 is 0 Å². The summed E-state index contributed by atoms with van der Waals surface area (Å²) in [5, 5.41) is 5.05. The SMILES string of the molecule is Cn1ccc(C(=O)N2CCCCCC2CBr)n1. The summed E-state index contributed by atoms with van der Waals surface area (Å²) < 4.78 is 1.67. The highest BCUT2D eigenvalue weighted by atomic mass is 79.9. The first kappa shape index (κ1) is 12.6. The summed E-state index contributed by atoms with van der Waals surface area (Å²) in [4.78, 5) is 14.3. The number of hydrogen-bond acceptors (Lipinski definition) is 2. The average molecular weight is 300 g/mol. The molecule has 1 saturated heterocycles. The number of rotatable bonds is 2. The van der Waals surface area contributed by atoms with Gasteiger partial charge in [0.15, 0.2) is 0 Å². The summed E-state index contributed by atoms with van der Waals surface area (Å²) in [7, 11) is 1.83. The highest BCUT2D eigenvalue weighted by molar-refractivity contribution is 9.09. The van der Waals surface area contributed by atoms with Crippen LogP contribution in [0.25, 0.3) is 0 Å². The van der Waals surface area contributed by atoms with Gasteiger partial charge in [0, 0.05) is 31.2 Å². The second-order valence-corrected chi connectivity index (χ2v) is 5.18. The molecule has 0 saturated carbocycles. The van der Waals surface area contributed by atoms with Gasteiger partial charge in [0.2, 0.25) is 0 Å². The first-order valence-electron chi connectivity index (χ1n) is 6.09. The third kappa shape index (κ3) is 2.89. The van der Waals surface area contributed by atoms with Crippen molar-refractivity contribution in [3.63, 3.8) is 0 Å². The molecule has 0 spiro atoms. The Morgan fingerprint density at radius 2 is 2.35 bits per heavy atom. The van der Waals surface area contributed by atoms with Crippen LogP contribution in [0.3, 0.4) is 0 Å². The van der Waals surface area contributed by atoms with E-state index in [0.717, 1.165) is 24.7 Å². The minimum atomic E-state index is 0.0666. The molecule has 1 unspecified atom stereocenters. The maximum Gasteiger partial charge on any atom is 0.274 e. The van der Waals surface area contributed by atoms with Crippen molar-refractivity contribution in [2.75, 3.05) is 11.9 Å². The van der Waals surface area contributed by atoms with Gasteiger partial charge < -0.3 is 4.90 Å². The van der Waals surface area contributed by atoms with Crippen molar-refractivity contribution in [3.05, 3.63) is 18.0 Å². The molecule has 2 rings (SSSR count). The molecule has 1 aromatic rings. The Bertz CT molecular complexity index is 391. The second-order valence-electron chi connectivity index (χ2n) is 4.53. The lowest BCUT2D eigenvalue weighted by atomic mass is 10.1. The van der Waals surface area contributed by atoms with E-state index in [9.17, 15) is 4.79 Å². The van der Waals surface area contributed by atoms with Gasteiger partial charge in [-0.1, -0.05) is 28.8 Å². The maximum atomic E-state index is 12.4. The molecule has 1 amide bonds. The number of nitrogens with zero attached hydrogens (tertiary/aromatic N) is 3. The lowest BCUT2D eigenvalue weighted by molar-refractivity contribution is 0.0695. The van der Waals surface area contributed by atoms with Crippen LogP contribution in [0.2, 0.25) is 0 Å². The van der Waals surface area contributed by atoms with E-state index in [4.69, 9.17) is 0 Å². The number of amides is 1. The molecule has 5 heteroatoms. The Balaban J connectivity index is 2.15. The normalized spacial score (nSPS) is 21.3. The van der Waals surface area contributed by atoms with Crippen LogP contribution < -0.4 is 0 Å². The van der Waals surface area contributed by atoms with Crippen molar-refractivity contribution in [2.24, 2.45) is 7.05 Å². The lowest BCUT2D eigenvalue weighted by Crippen LogP contribution is -2.41. The van der Waals surface area contributed by atoms with Crippen LogP contribution in [0.5, 0.6) is 0 Å². The molecule has 1 aromatic heterocycles. The second kappa shape index (κ2) is 5.67. The van der Waals surface area contributed by atoms with E-state index < -0.39 is 0 Å². The van der Waals surface area contributed by atoms with E-state index in [2.05, 4.69) is 21.0 Å². The van der Waals surface area contributed by atoms with Crippen LogP contribution in [0.4, 0.5) is 0 Å². The molecule has 1 atom stereocenters. The van der Waals surface area contributed by atoms with Crippen LogP contribution in [-0.4, -0.2) is 38.5 Å². The highest BCUT2D eigenvalue weighted by Crippen LogP contribution is 2.20. The van der Waals surface area contributed by atoms with Gasteiger partial charge in [0.1, 0.15) is 5.69 Å². The largest absolute Gasteiger partial charge is 0.333 e. The van der Waals surface area contributed by atoms with Crippen molar-refractivity contribution < 1.29 is 4.79 Å². The Morgan fingerprint density at radius 1 is 1.53 bits per heavy atom. The van der Waals surface area contributed by atoms with Gasteiger partial charge >= 0.3 is 0 Å². The Kier molecular flexibility index (Phi) is 4.20. The molecule has 1 aliphatic rings. The van der Waals surface area contributed by atoms with Crippen LogP contribution in [-0.2, 0) is 7.05 Å². The van der Waals surface area contributed by atoms with Crippen molar-refractivity contribution in [3.8, 4) is 0 Å². The maximum absolute atomic E-state index is 12.4. The number of alkyl halides is 1. The van der Waals surface area contributed by atoms with Gasteiger partial charge in [-0.15, -0.1) is 0 Å². The van der Waals surface area contributed by atoms with Gasteiger partial charge in [-0.25, -0.2) is 0 Å². The molecule has 0 N–H and O–H groups in total. The van der Waals surface area contributed by atoms with Crippen molar-refractivity contribution in [1.29, 1.82) is 0 Å². The van der Waals surface area contributed by atoms with Crippen LogP contribution in [0.15, 0.2) is 12.3 Å². The molecule has 94 valence electrons. The summed E-state index contributed by atoms with van der Waals surface area (Å²) in [6.07, 6.45) is 6.43. The third-order valence-electron chi connectivity index (χ3n) is 3.25. The number of aryl methyl sites for hydroxylation is 1. The summed E-state index contributed by atoms with van der Waals surface area (Å²) in [5.74, 6) is 0.0666. The molecular formula is C12H18BrN3O. The number of carbonyl (C=O) groups excluding carboxylic acids is 1. The van der Waals surface area contributed by atoms with Gasteiger partial charge in [0.25, 0.3) is 5.91 Å². The molecular weight excluding hydrogens is 282 g/mol. The van der Waals surface area contributed by atoms with Crippen LogP contribution in [0.1, 0.15) is 36.2 Å². The van der Waals surface area contributed by atoms with Crippen molar-refractivity contribution in [1.82, 2.24) is 14.7 Å². The van der Waals surface area contributed by atoms with Gasteiger partial charge in [-0.05, 0) is 18.9 Å². The van der Waals surface area contributed by atoms with Crippen LogP contribution >= 0.6 is 15.9 Å². The zero-order valence-electron chi connectivity index (χ0n) is 10.1. The fourth-order valence-electron chi connectivity index (χ4n) is 2.28. The van der Waals surface area contributed by atoms with E-state index in [0.29, 0.717) is 11.7 Å². The first-order valence-corrected chi connectivity index (χ1v) is 7.21. The third-order valence-corrected chi connectivity index (χ3v) is 4.00. The summed E-state index contributed by atoms with van der Waals surface area (Å²) in [5.41, 5.74) is 0.556.